The van der Waals surface area contributed by atoms with Gasteiger partial charge in [0.05, 0.1) is 11.0 Å². The minimum atomic E-state index is -0.633. The van der Waals surface area contributed by atoms with Crippen molar-refractivity contribution < 1.29 is 9.31 Å². The van der Waals surface area contributed by atoms with Gasteiger partial charge in [0.1, 0.15) is 5.82 Å². The molecular formula is C7H6FIN2O2. The third-order valence-electron chi connectivity index (χ3n) is 1.54. The number of benzene rings is 1. The van der Waals surface area contributed by atoms with E-state index in [1.165, 1.54) is 6.07 Å². The van der Waals surface area contributed by atoms with E-state index >= 15 is 0 Å². The number of nitrogens with two attached hydrogens (primary N) is 1. The maximum Gasteiger partial charge on any atom is 0.273 e. The average Bonchev–Trinajstić information content (AvgIpc) is 2.03. The highest BCUT2D eigenvalue weighted by molar-refractivity contribution is 14.1. The first kappa shape index (κ1) is 10.3. The van der Waals surface area contributed by atoms with Gasteiger partial charge in [-0.2, -0.15) is 0 Å². The van der Waals surface area contributed by atoms with E-state index in [0.717, 1.165) is 6.07 Å². The molecule has 0 aromatic heterocycles. The molecule has 6 heteroatoms. The fraction of sp³-hybridized carbons (Fsp3) is 0.143. The second kappa shape index (κ2) is 3.97. The third-order valence-corrected chi connectivity index (χ3v) is 2.50. The van der Waals surface area contributed by atoms with Crippen molar-refractivity contribution in [2.45, 2.75) is 6.54 Å². The van der Waals surface area contributed by atoms with Crippen LogP contribution in [-0.4, -0.2) is 4.92 Å². The van der Waals surface area contributed by atoms with E-state index in [1.807, 2.05) is 22.6 Å². The molecular weight excluding hydrogens is 290 g/mol. The Kier molecular flexibility index (Phi) is 3.15. The van der Waals surface area contributed by atoms with E-state index in [4.69, 9.17) is 5.73 Å². The van der Waals surface area contributed by atoms with Crippen molar-refractivity contribution in [3.05, 3.63) is 37.2 Å². The van der Waals surface area contributed by atoms with Gasteiger partial charge in [-0.3, -0.25) is 10.1 Å². The molecule has 0 saturated heterocycles. The Bertz CT molecular complexity index is 333. The Morgan fingerprint density at radius 1 is 1.62 bits per heavy atom. The number of nitro benzene ring substituents is 1. The molecule has 0 fully saturated rings. The van der Waals surface area contributed by atoms with Crippen LogP contribution in [0.2, 0.25) is 0 Å². The predicted octanol–water partition coefficient (Wildman–Crippen LogP) is 1.80. The lowest BCUT2D eigenvalue weighted by atomic mass is 10.2. The Labute approximate surface area is 87.2 Å². The normalized spacial score (nSPS) is 10.1. The summed E-state index contributed by atoms with van der Waals surface area (Å²) in [6, 6.07) is 2.18. The number of halogens is 2. The molecule has 0 heterocycles. The van der Waals surface area contributed by atoms with E-state index in [9.17, 15) is 14.5 Å². The molecule has 2 N–H and O–H groups in total. The summed E-state index contributed by atoms with van der Waals surface area (Å²) in [6.07, 6.45) is 0. The number of hydrogen-bond acceptors (Lipinski definition) is 3. The fourth-order valence-electron chi connectivity index (χ4n) is 0.890. The molecule has 0 saturated carbocycles. The summed E-state index contributed by atoms with van der Waals surface area (Å²) in [4.78, 5) is 9.68. The van der Waals surface area contributed by atoms with Crippen LogP contribution < -0.4 is 5.73 Å². The van der Waals surface area contributed by atoms with Gasteiger partial charge in [0.15, 0.2) is 0 Å². The van der Waals surface area contributed by atoms with Crippen LogP contribution in [0.1, 0.15) is 5.56 Å². The second-order valence-electron chi connectivity index (χ2n) is 2.35. The van der Waals surface area contributed by atoms with Gasteiger partial charge in [-0.1, -0.05) is 0 Å². The van der Waals surface area contributed by atoms with E-state index in [0.29, 0.717) is 9.13 Å². The minimum Gasteiger partial charge on any atom is -0.326 e. The topological polar surface area (TPSA) is 69.2 Å². The Morgan fingerprint density at radius 2 is 2.23 bits per heavy atom. The summed E-state index contributed by atoms with van der Waals surface area (Å²) in [7, 11) is 0. The summed E-state index contributed by atoms with van der Waals surface area (Å²) in [5.74, 6) is -0.624. The highest BCUT2D eigenvalue weighted by Gasteiger charge is 2.13. The van der Waals surface area contributed by atoms with E-state index in [2.05, 4.69) is 0 Å². The van der Waals surface area contributed by atoms with E-state index in [1.54, 1.807) is 0 Å². The van der Waals surface area contributed by atoms with Gasteiger partial charge in [-0.05, 0) is 22.6 Å². The van der Waals surface area contributed by atoms with Crippen LogP contribution in [0.15, 0.2) is 12.1 Å². The SMILES string of the molecule is NCc1c(F)cc([N+](=O)[O-])cc1I. The van der Waals surface area contributed by atoms with Crippen molar-refractivity contribution in [1.82, 2.24) is 0 Å². The molecule has 0 unspecified atom stereocenters. The molecule has 0 atom stereocenters. The van der Waals surface area contributed by atoms with Crippen molar-refractivity contribution in [3.63, 3.8) is 0 Å². The number of rotatable bonds is 2. The molecule has 0 aliphatic rings. The van der Waals surface area contributed by atoms with Crippen LogP contribution in [0, 0.1) is 19.5 Å². The standard InChI is InChI=1S/C7H6FIN2O2/c8-6-1-4(11(12)13)2-7(9)5(6)3-10/h1-2H,3,10H2. The summed E-state index contributed by atoms with van der Waals surface area (Å²) in [6.45, 7) is 0.0438. The van der Waals surface area contributed by atoms with Gasteiger partial charge in [-0.25, -0.2) is 4.39 Å². The monoisotopic (exact) mass is 296 g/mol. The first-order chi connectivity index (χ1) is 6.06. The lowest BCUT2D eigenvalue weighted by molar-refractivity contribution is -0.385. The summed E-state index contributed by atoms with van der Waals surface area (Å²) in [5, 5.41) is 10.3. The molecule has 0 aliphatic carbocycles. The molecule has 0 radical (unpaired) electrons. The third kappa shape index (κ3) is 2.13. The van der Waals surface area contributed by atoms with Gasteiger partial charge < -0.3 is 5.73 Å². The molecule has 70 valence electrons. The first-order valence-electron chi connectivity index (χ1n) is 3.38. The summed E-state index contributed by atoms with van der Waals surface area (Å²) in [5.41, 5.74) is 5.32. The number of nitrogens with zero attached hydrogens (tertiary/aromatic N) is 1. The van der Waals surface area contributed by atoms with Gasteiger partial charge in [0.25, 0.3) is 5.69 Å². The molecule has 1 aromatic carbocycles. The average molecular weight is 296 g/mol. The number of nitro groups is 1. The molecule has 1 rings (SSSR count). The summed E-state index contributed by atoms with van der Waals surface area (Å²) >= 11 is 1.82. The maximum atomic E-state index is 13.1. The van der Waals surface area contributed by atoms with Gasteiger partial charge in [0.2, 0.25) is 0 Å². The Morgan fingerprint density at radius 3 is 2.62 bits per heavy atom. The smallest absolute Gasteiger partial charge is 0.273 e. The lowest BCUT2D eigenvalue weighted by Gasteiger charge is -2.02. The molecule has 0 spiro atoms. The quantitative estimate of drug-likeness (QED) is 0.514. The zero-order chi connectivity index (χ0) is 10.0. The van der Waals surface area contributed by atoms with Crippen molar-refractivity contribution in [3.8, 4) is 0 Å². The zero-order valence-electron chi connectivity index (χ0n) is 6.46. The van der Waals surface area contributed by atoms with Crippen molar-refractivity contribution >= 4 is 28.3 Å². The predicted molar refractivity (Wildman–Crippen MR) is 53.7 cm³/mol. The van der Waals surface area contributed by atoms with Crippen molar-refractivity contribution in [2.24, 2.45) is 5.73 Å². The van der Waals surface area contributed by atoms with Gasteiger partial charge in [0, 0.05) is 21.7 Å². The highest BCUT2D eigenvalue weighted by atomic mass is 127. The Hall–Kier alpha value is -0.760. The largest absolute Gasteiger partial charge is 0.326 e. The number of hydrogen-bond donors (Lipinski definition) is 1. The zero-order valence-corrected chi connectivity index (χ0v) is 8.62. The van der Waals surface area contributed by atoms with Crippen LogP contribution in [0.5, 0.6) is 0 Å². The first-order valence-corrected chi connectivity index (χ1v) is 4.46. The van der Waals surface area contributed by atoms with Crippen molar-refractivity contribution in [2.75, 3.05) is 0 Å². The van der Waals surface area contributed by atoms with Gasteiger partial charge >= 0.3 is 0 Å². The second-order valence-corrected chi connectivity index (χ2v) is 3.51. The van der Waals surface area contributed by atoms with Crippen LogP contribution in [0.4, 0.5) is 10.1 Å². The summed E-state index contributed by atoms with van der Waals surface area (Å²) < 4.78 is 13.6. The molecule has 4 nitrogen and oxygen atoms in total. The minimum absolute atomic E-state index is 0.0438. The highest BCUT2D eigenvalue weighted by Crippen LogP contribution is 2.22. The lowest BCUT2D eigenvalue weighted by Crippen LogP contribution is -2.03. The van der Waals surface area contributed by atoms with Crippen LogP contribution >= 0.6 is 22.6 Å². The fourth-order valence-corrected chi connectivity index (χ4v) is 1.69. The van der Waals surface area contributed by atoms with E-state index in [-0.39, 0.29) is 12.2 Å². The maximum absolute atomic E-state index is 13.1. The molecule has 1 aromatic rings. The van der Waals surface area contributed by atoms with Crippen LogP contribution in [0.3, 0.4) is 0 Å². The van der Waals surface area contributed by atoms with Crippen molar-refractivity contribution in [1.29, 1.82) is 0 Å². The van der Waals surface area contributed by atoms with E-state index < -0.39 is 10.7 Å². The molecule has 0 bridgehead atoms. The van der Waals surface area contributed by atoms with Crippen LogP contribution in [0.25, 0.3) is 0 Å². The molecule has 13 heavy (non-hydrogen) atoms. The van der Waals surface area contributed by atoms with Gasteiger partial charge in [-0.15, -0.1) is 0 Å². The Balaban J connectivity index is 3.28. The number of non-ortho nitro benzene ring substituents is 1. The van der Waals surface area contributed by atoms with Crippen LogP contribution in [-0.2, 0) is 6.54 Å². The molecule has 0 aliphatic heterocycles. The molecule has 0 amide bonds.